The molecule has 1 aliphatic rings. The standard InChI is InChI=1S/C21H24FN5O4/c1-31-17-7-3-6-16(13-17)25-21(30)27-11-10-26(19(27)18(28)24-9-8-23)20(29)14-4-2-5-15(22)12-14/h2-7,12-13,19H,8-11,23H2,1H3,(H,24,28)(H,25,30). The lowest BCUT2D eigenvalue weighted by Crippen LogP contribution is -2.55. The molecule has 164 valence electrons. The maximum Gasteiger partial charge on any atom is 0.323 e. The average Bonchev–Trinajstić information content (AvgIpc) is 3.22. The van der Waals surface area contributed by atoms with E-state index >= 15 is 0 Å². The Bertz CT molecular complexity index is 970. The summed E-state index contributed by atoms with van der Waals surface area (Å²) in [7, 11) is 1.51. The van der Waals surface area contributed by atoms with Crippen LogP contribution in [0.5, 0.6) is 5.75 Å². The molecule has 10 heteroatoms. The van der Waals surface area contributed by atoms with Crippen molar-refractivity contribution in [2.24, 2.45) is 5.73 Å². The highest BCUT2D eigenvalue weighted by atomic mass is 19.1. The van der Waals surface area contributed by atoms with Crippen molar-refractivity contribution in [3.8, 4) is 5.75 Å². The topological polar surface area (TPSA) is 117 Å². The Morgan fingerprint density at radius 2 is 1.87 bits per heavy atom. The second-order valence-corrected chi connectivity index (χ2v) is 6.82. The molecule has 0 aliphatic carbocycles. The molecule has 3 rings (SSSR count). The van der Waals surface area contributed by atoms with Crippen molar-refractivity contribution in [2.45, 2.75) is 6.17 Å². The van der Waals surface area contributed by atoms with Gasteiger partial charge in [-0.05, 0) is 30.3 Å². The number of nitrogens with zero attached hydrogens (tertiary/aromatic N) is 2. The summed E-state index contributed by atoms with van der Waals surface area (Å²) < 4.78 is 18.7. The lowest BCUT2D eigenvalue weighted by molar-refractivity contribution is -0.127. The van der Waals surface area contributed by atoms with Gasteiger partial charge in [-0.2, -0.15) is 0 Å². The van der Waals surface area contributed by atoms with E-state index in [1.165, 1.54) is 35.1 Å². The third kappa shape index (κ3) is 5.10. The molecule has 4 N–H and O–H groups in total. The number of nitrogens with one attached hydrogen (secondary N) is 2. The lowest BCUT2D eigenvalue weighted by Gasteiger charge is -2.29. The fraction of sp³-hybridized carbons (Fsp3) is 0.286. The van der Waals surface area contributed by atoms with Crippen LogP contribution < -0.4 is 21.1 Å². The summed E-state index contributed by atoms with van der Waals surface area (Å²) in [6.07, 6.45) is -1.20. The minimum Gasteiger partial charge on any atom is -0.497 e. The number of anilines is 1. The van der Waals surface area contributed by atoms with Crippen LogP contribution >= 0.6 is 0 Å². The number of amides is 4. The van der Waals surface area contributed by atoms with Gasteiger partial charge in [0.2, 0.25) is 0 Å². The summed E-state index contributed by atoms with van der Waals surface area (Å²) in [5, 5.41) is 5.33. The predicted molar refractivity (Wildman–Crippen MR) is 112 cm³/mol. The van der Waals surface area contributed by atoms with Gasteiger partial charge >= 0.3 is 6.03 Å². The van der Waals surface area contributed by atoms with Gasteiger partial charge in [0.1, 0.15) is 11.6 Å². The highest BCUT2D eigenvalue weighted by Gasteiger charge is 2.43. The summed E-state index contributed by atoms with van der Waals surface area (Å²) in [5.74, 6) is -1.11. The van der Waals surface area contributed by atoms with E-state index in [-0.39, 0.29) is 31.7 Å². The summed E-state index contributed by atoms with van der Waals surface area (Å²) >= 11 is 0. The minimum atomic E-state index is -1.20. The number of hydrogen-bond donors (Lipinski definition) is 3. The van der Waals surface area contributed by atoms with Crippen molar-refractivity contribution in [3.05, 3.63) is 59.9 Å². The van der Waals surface area contributed by atoms with Crippen molar-refractivity contribution in [3.63, 3.8) is 0 Å². The van der Waals surface area contributed by atoms with Gasteiger partial charge in [-0.1, -0.05) is 12.1 Å². The number of halogens is 1. The average molecular weight is 429 g/mol. The van der Waals surface area contributed by atoms with Crippen molar-refractivity contribution in [2.75, 3.05) is 38.6 Å². The minimum absolute atomic E-state index is 0.0895. The molecular formula is C21H24FN5O4. The van der Waals surface area contributed by atoms with Gasteiger partial charge in [-0.25, -0.2) is 9.18 Å². The molecule has 0 saturated carbocycles. The highest BCUT2D eigenvalue weighted by Crippen LogP contribution is 2.22. The van der Waals surface area contributed by atoms with Crippen molar-refractivity contribution in [1.29, 1.82) is 0 Å². The molecule has 1 aliphatic heterocycles. The predicted octanol–water partition coefficient (Wildman–Crippen LogP) is 1.23. The first kappa shape index (κ1) is 22.0. The maximum absolute atomic E-state index is 13.6. The zero-order chi connectivity index (χ0) is 22.4. The van der Waals surface area contributed by atoms with Crippen LogP contribution in [-0.4, -0.2) is 67.1 Å². The zero-order valence-corrected chi connectivity index (χ0v) is 17.0. The van der Waals surface area contributed by atoms with Crippen molar-refractivity contribution < 1.29 is 23.5 Å². The number of ether oxygens (including phenoxy) is 1. The maximum atomic E-state index is 13.6. The first-order chi connectivity index (χ1) is 14.9. The van der Waals surface area contributed by atoms with Crippen LogP contribution in [0, 0.1) is 5.82 Å². The van der Waals surface area contributed by atoms with Gasteiger partial charge in [0.15, 0.2) is 6.17 Å². The summed E-state index contributed by atoms with van der Waals surface area (Å²) in [4.78, 5) is 41.2. The van der Waals surface area contributed by atoms with E-state index in [0.29, 0.717) is 11.4 Å². The van der Waals surface area contributed by atoms with Crippen molar-refractivity contribution in [1.82, 2.24) is 15.1 Å². The molecule has 0 aromatic heterocycles. The second-order valence-electron chi connectivity index (χ2n) is 6.82. The zero-order valence-electron chi connectivity index (χ0n) is 17.0. The number of benzene rings is 2. The molecule has 0 radical (unpaired) electrons. The lowest BCUT2D eigenvalue weighted by atomic mass is 10.2. The molecule has 9 nitrogen and oxygen atoms in total. The second kappa shape index (κ2) is 9.90. The molecule has 2 aromatic carbocycles. The number of hydrogen-bond acceptors (Lipinski definition) is 5. The van der Waals surface area contributed by atoms with Crippen LogP contribution in [0.25, 0.3) is 0 Å². The first-order valence-electron chi connectivity index (χ1n) is 9.70. The molecule has 1 unspecified atom stereocenters. The Kier molecular flexibility index (Phi) is 7.03. The molecular weight excluding hydrogens is 405 g/mol. The summed E-state index contributed by atoms with van der Waals surface area (Å²) in [6, 6.07) is 11.4. The van der Waals surface area contributed by atoms with E-state index < -0.39 is 29.8 Å². The molecule has 1 fully saturated rings. The van der Waals surface area contributed by atoms with Gasteiger partial charge in [0.25, 0.3) is 11.8 Å². The van der Waals surface area contributed by atoms with Crippen LogP contribution in [0.4, 0.5) is 14.9 Å². The van der Waals surface area contributed by atoms with E-state index in [1.54, 1.807) is 24.3 Å². The number of carbonyl (C=O) groups is 3. The number of rotatable bonds is 6. The SMILES string of the molecule is COc1cccc(NC(=O)N2CCN(C(=O)c3cccc(F)c3)C2C(=O)NCCN)c1. The molecule has 0 bridgehead atoms. The fourth-order valence-electron chi connectivity index (χ4n) is 3.31. The Labute approximate surface area is 178 Å². The molecule has 2 aromatic rings. The van der Waals surface area contributed by atoms with E-state index in [4.69, 9.17) is 10.5 Å². The van der Waals surface area contributed by atoms with Crippen LogP contribution in [0.15, 0.2) is 48.5 Å². The van der Waals surface area contributed by atoms with Crippen LogP contribution in [0.1, 0.15) is 10.4 Å². The Morgan fingerprint density at radius 1 is 1.13 bits per heavy atom. The van der Waals surface area contributed by atoms with Gasteiger partial charge < -0.3 is 26.0 Å². The quantitative estimate of drug-likeness (QED) is 0.639. The van der Waals surface area contributed by atoms with Crippen molar-refractivity contribution >= 4 is 23.5 Å². The number of carbonyl (C=O) groups excluding carboxylic acids is 3. The Balaban J connectivity index is 1.83. The van der Waals surface area contributed by atoms with E-state index in [1.807, 2.05) is 0 Å². The fourth-order valence-corrected chi connectivity index (χ4v) is 3.31. The number of nitrogens with two attached hydrogens (primary N) is 1. The smallest absolute Gasteiger partial charge is 0.323 e. The van der Waals surface area contributed by atoms with E-state index in [0.717, 1.165) is 6.07 Å². The monoisotopic (exact) mass is 429 g/mol. The third-order valence-corrected chi connectivity index (χ3v) is 4.76. The molecule has 1 heterocycles. The largest absolute Gasteiger partial charge is 0.497 e. The third-order valence-electron chi connectivity index (χ3n) is 4.76. The van der Waals surface area contributed by atoms with Gasteiger partial charge in [-0.3, -0.25) is 14.5 Å². The Hall–Kier alpha value is -3.66. The number of urea groups is 1. The normalized spacial score (nSPS) is 15.5. The molecule has 4 amide bonds. The molecule has 1 saturated heterocycles. The summed E-state index contributed by atoms with van der Waals surface area (Å²) in [6.45, 7) is 0.619. The van der Waals surface area contributed by atoms with Gasteiger partial charge in [0, 0.05) is 43.5 Å². The van der Waals surface area contributed by atoms with Gasteiger partial charge in [-0.15, -0.1) is 0 Å². The van der Waals surface area contributed by atoms with Crippen LogP contribution in [-0.2, 0) is 4.79 Å². The highest BCUT2D eigenvalue weighted by molar-refractivity contribution is 6.00. The summed E-state index contributed by atoms with van der Waals surface area (Å²) in [5.41, 5.74) is 6.02. The van der Waals surface area contributed by atoms with E-state index in [2.05, 4.69) is 10.6 Å². The first-order valence-corrected chi connectivity index (χ1v) is 9.70. The molecule has 0 spiro atoms. The van der Waals surface area contributed by atoms with Gasteiger partial charge in [0.05, 0.1) is 7.11 Å². The van der Waals surface area contributed by atoms with E-state index in [9.17, 15) is 18.8 Å². The Morgan fingerprint density at radius 3 is 2.58 bits per heavy atom. The molecule has 31 heavy (non-hydrogen) atoms. The van der Waals surface area contributed by atoms with Crippen LogP contribution in [0.3, 0.4) is 0 Å². The molecule has 1 atom stereocenters. The number of methoxy groups -OCH3 is 1. The van der Waals surface area contributed by atoms with Crippen LogP contribution in [0.2, 0.25) is 0 Å².